The minimum absolute atomic E-state index is 0.184. The third-order valence-electron chi connectivity index (χ3n) is 5.26. The minimum Gasteiger partial charge on any atom is -0.496 e. The SMILES string of the molecule is C#CCN(Cc1ccco1)C(=O)NCC1(c2cc(Cl)ccc2OC)CCOCC1. The molecule has 0 aliphatic carbocycles. The third-order valence-corrected chi connectivity index (χ3v) is 5.49. The van der Waals surface area contributed by atoms with E-state index in [-0.39, 0.29) is 18.0 Å². The molecule has 1 aliphatic heterocycles. The van der Waals surface area contributed by atoms with E-state index in [0.717, 1.165) is 24.2 Å². The van der Waals surface area contributed by atoms with Gasteiger partial charge in [-0.1, -0.05) is 17.5 Å². The molecule has 0 radical (unpaired) electrons. The van der Waals surface area contributed by atoms with Gasteiger partial charge >= 0.3 is 6.03 Å². The van der Waals surface area contributed by atoms with Crippen LogP contribution < -0.4 is 10.1 Å². The zero-order valence-corrected chi connectivity index (χ0v) is 17.2. The molecule has 0 saturated carbocycles. The molecule has 1 aromatic carbocycles. The van der Waals surface area contributed by atoms with Gasteiger partial charge in [-0.05, 0) is 43.2 Å². The lowest BCUT2D eigenvalue weighted by atomic mass is 9.73. The molecule has 1 aromatic heterocycles. The smallest absolute Gasteiger partial charge is 0.318 e. The Kier molecular flexibility index (Phi) is 7.08. The van der Waals surface area contributed by atoms with Gasteiger partial charge in [-0.25, -0.2) is 4.79 Å². The number of amides is 2. The van der Waals surface area contributed by atoms with E-state index < -0.39 is 0 Å². The van der Waals surface area contributed by atoms with Crippen molar-refractivity contribution in [2.24, 2.45) is 0 Å². The van der Waals surface area contributed by atoms with Gasteiger partial charge in [-0.2, -0.15) is 0 Å². The van der Waals surface area contributed by atoms with Crippen LogP contribution in [0, 0.1) is 12.3 Å². The Morgan fingerprint density at radius 1 is 1.38 bits per heavy atom. The van der Waals surface area contributed by atoms with E-state index in [1.165, 1.54) is 0 Å². The molecule has 0 spiro atoms. The van der Waals surface area contributed by atoms with Gasteiger partial charge in [0.25, 0.3) is 0 Å². The molecule has 0 atom stereocenters. The van der Waals surface area contributed by atoms with Gasteiger partial charge in [0.15, 0.2) is 0 Å². The molecule has 2 heterocycles. The summed E-state index contributed by atoms with van der Waals surface area (Å²) >= 11 is 6.27. The zero-order chi connectivity index (χ0) is 20.7. The van der Waals surface area contributed by atoms with Crippen molar-refractivity contribution in [2.45, 2.75) is 24.8 Å². The largest absolute Gasteiger partial charge is 0.496 e. The van der Waals surface area contributed by atoms with Crippen LogP contribution >= 0.6 is 11.6 Å². The molecule has 29 heavy (non-hydrogen) atoms. The maximum atomic E-state index is 12.9. The Morgan fingerprint density at radius 2 is 2.17 bits per heavy atom. The second kappa shape index (κ2) is 9.73. The van der Waals surface area contributed by atoms with E-state index in [1.807, 2.05) is 18.2 Å². The first-order valence-electron chi connectivity index (χ1n) is 9.48. The fraction of sp³-hybridized carbons (Fsp3) is 0.409. The number of carbonyl (C=O) groups excluding carboxylic acids is 1. The monoisotopic (exact) mass is 416 g/mol. The number of methoxy groups -OCH3 is 1. The zero-order valence-electron chi connectivity index (χ0n) is 16.4. The maximum absolute atomic E-state index is 12.9. The molecular weight excluding hydrogens is 392 g/mol. The molecule has 1 saturated heterocycles. The number of halogens is 1. The van der Waals surface area contributed by atoms with Crippen molar-refractivity contribution in [1.29, 1.82) is 0 Å². The Hall–Kier alpha value is -2.62. The molecule has 0 bridgehead atoms. The average Bonchev–Trinajstić information content (AvgIpc) is 3.25. The summed E-state index contributed by atoms with van der Waals surface area (Å²) in [5.74, 6) is 3.96. The summed E-state index contributed by atoms with van der Waals surface area (Å²) in [5, 5.41) is 3.68. The summed E-state index contributed by atoms with van der Waals surface area (Å²) in [4.78, 5) is 14.4. The Morgan fingerprint density at radius 3 is 2.83 bits per heavy atom. The van der Waals surface area contributed by atoms with Crippen molar-refractivity contribution < 1.29 is 18.7 Å². The Labute approximate surface area is 176 Å². The highest BCUT2D eigenvalue weighted by Crippen LogP contribution is 2.40. The second-order valence-electron chi connectivity index (χ2n) is 7.04. The van der Waals surface area contributed by atoms with E-state index in [1.54, 1.807) is 30.4 Å². The quantitative estimate of drug-likeness (QED) is 0.696. The first-order valence-corrected chi connectivity index (χ1v) is 9.86. The lowest BCUT2D eigenvalue weighted by Crippen LogP contribution is -2.48. The van der Waals surface area contributed by atoms with E-state index >= 15 is 0 Å². The number of furan rings is 1. The fourth-order valence-electron chi connectivity index (χ4n) is 3.66. The van der Waals surface area contributed by atoms with E-state index in [9.17, 15) is 4.79 Å². The molecule has 0 unspecified atom stereocenters. The summed E-state index contributed by atoms with van der Waals surface area (Å²) < 4.78 is 16.5. The summed E-state index contributed by atoms with van der Waals surface area (Å²) in [5.41, 5.74) is 0.641. The van der Waals surface area contributed by atoms with E-state index in [4.69, 9.17) is 31.9 Å². The minimum atomic E-state index is -0.337. The molecule has 7 heteroatoms. The maximum Gasteiger partial charge on any atom is 0.318 e. The molecule has 6 nitrogen and oxygen atoms in total. The number of rotatable bonds is 7. The van der Waals surface area contributed by atoms with E-state index in [2.05, 4.69) is 11.2 Å². The van der Waals surface area contributed by atoms with Crippen LogP contribution in [0.4, 0.5) is 4.79 Å². The predicted octanol–water partition coefficient (Wildman–Crippen LogP) is 3.83. The third kappa shape index (κ3) is 5.06. The van der Waals surface area contributed by atoms with Crippen molar-refractivity contribution in [3.63, 3.8) is 0 Å². The Bertz CT molecular complexity index is 854. The van der Waals surface area contributed by atoms with Crippen LogP contribution in [0.15, 0.2) is 41.0 Å². The van der Waals surface area contributed by atoms with Gasteiger partial charge in [0.1, 0.15) is 11.5 Å². The average molecular weight is 417 g/mol. The van der Waals surface area contributed by atoms with Crippen LogP contribution in [0.2, 0.25) is 5.02 Å². The molecule has 154 valence electrons. The Balaban J connectivity index is 1.79. The van der Waals surface area contributed by atoms with Gasteiger partial charge in [0.05, 0.1) is 26.5 Å². The molecule has 2 aromatic rings. The highest BCUT2D eigenvalue weighted by Gasteiger charge is 2.37. The number of ether oxygens (including phenoxy) is 2. The highest BCUT2D eigenvalue weighted by atomic mass is 35.5. The van der Waals surface area contributed by atoms with Crippen LogP contribution in [0.1, 0.15) is 24.2 Å². The summed E-state index contributed by atoms with van der Waals surface area (Å²) in [7, 11) is 1.64. The molecule has 1 N–H and O–H groups in total. The van der Waals surface area contributed by atoms with Crippen molar-refractivity contribution in [2.75, 3.05) is 33.4 Å². The van der Waals surface area contributed by atoms with Crippen LogP contribution in [0.3, 0.4) is 0 Å². The van der Waals surface area contributed by atoms with Crippen molar-refractivity contribution in [3.8, 4) is 18.1 Å². The van der Waals surface area contributed by atoms with Crippen molar-refractivity contribution in [1.82, 2.24) is 10.2 Å². The standard InChI is InChI=1S/C22H25ClN2O4/c1-3-10-25(15-18-5-4-11-29-18)21(26)24-16-22(8-12-28-13-9-22)19-14-17(23)6-7-20(19)27-2/h1,4-7,11,14H,8-10,12-13,15-16H2,2H3,(H,24,26). The van der Waals surface area contributed by atoms with Gasteiger partial charge in [-0.3, -0.25) is 0 Å². The topological polar surface area (TPSA) is 63.9 Å². The van der Waals surface area contributed by atoms with Crippen molar-refractivity contribution >= 4 is 17.6 Å². The van der Waals surface area contributed by atoms with Crippen LogP contribution in [-0.2, 0) is 16.7 Å². The summed E-state index contributed by atoms with van der Waals surface area (Å²) in [6.45, 7) is 2.12. The molecule has 1 aliphatic rings. The summed E-state index contributed by atoms with van der Waals surface area (Å²) in [6.07, 6.45) is 8.52. The van der Waals surface area contributed by atoms with Gasteiger partial charge in [-0.15, -0.1) is 6.42 Å². The number of urea groups is 1. The number of benzene rings is 1. The lowest BCUT2D eigenvalue weighted by molar-refractivity contribution is 0.0493. The number of nitrogens with zero attached hydrogens (tertiary/aromatic N) is 1. The first kappa shape index (κ1) is 21.1. The number of terminal acetylenes is 1. The number of hydrogen-bond donors (Lipinski definition) is 1. The number of hydrogen-bond acceptors (Lipinski definition) is 4. The van der Waals surface area contributed by atoms with Gasteiger partial charge < -0.3 is 24.1 Å². The van der Waals surface area contributed by atoms with Gasteiger partial charge in [0, 0.05) is 35.8 Å². The molecule has 2 amide bonds. The molecular formula is C22H25ClN2O4. The van der Waals surface area contributed by atoms with Crippen LogP contribution in [-0.4, -0.2) is 44.3 Å². The number of nitrogens with one attached hydrogen (secondary N) is 1. The highest BCUT2D eigenvalue weighted by molar-refractivity contribution is 6.30. The number of carbonyl (C=O) groups is 1. The molecule has 3 rings (SSSR count). The first-order chi connectivity index (χ1) is 14.1. The van der Waals surface area contributed by atoms with Crippen molar-refractivity contribution in [3.05, 3.63) is 52.9 Å². The fourth-order valence-corrected chi connectivity index (χ4v) is 3.83. The normalized spacial score (nSPS) is 15.3. The summed E-state index contributed by atoms with van der Waals surface area (Å²) in [6, 6.07) is 8.93. The second-order valence-corrected chi connectivity index (χ2v) is 7.47. The van der Waals surface area contributed by atoms with Crippen LogP contribution in [0.25, 0.3) is 0 Å². The molecule has 1 fully saturated rings. The van der Waals surface area contributed by atoms with Crippen LogP contribution in [0.5, 0.6) is 5.75 Å². The lowest BCUT2D eigenvalue weighted by Gasteiger charge is -2.39. The van der Waals surface area contributed by atoms with Gasteiger partial charge in [0.2, 0.25) is 0 Å². The predicted molar refractivity (Wildman–Crippen MR) is 111 cm³/mol. The van der Waals surface area contributed by atoms with E-state index in [0.29, 0.717) is 37.1 Å².